The number of nitrogens with zero attached hydrogens (tertiary/aromatic N) is 2. The molecule has 2 heterocycles. The van der Waals surface area contributed by atoms with Crippen molar-refractivity contribution in [2.45, 2.75) is 32.5 Å². The van der Waals surface area contributed by atoms with Crippen LogP contribution >= 0.6 is 0 Å². The van der Waals surface area contributed by atoms with Gasteiger partial charge < -0.3 is 14.0 Å². The third kappa shape index (κ3) is 5.71. The van der Waals surface area contributed by atoms with Gasteiger partial charge in [-0.1, -0.05) is 61.5 Å². The highest BCUT2D eigenvalue weighted by atomic mass is 19.4. The van der Waals surface area contributed by atoms with Crippen LogP contribution in [0.15, 0.2) is 91.1 Å². The Kier molecular flexibility index (Phi) is 7.60. The molecule has 5 aromatic rings. The molecule has 0 amide bonds. The molecule has 0 saturated carbocycles. The Morgan fingerprint density at radius 1 is 0.925 bits per heavy atom. The standard InChI is InChI=1S/C32H27F3N2O3/c1-3-29(38)40-28-17-14-24(37(28)2)20-39-25-15-12-22(13-16-25)30-23(18-21-8-5-4-6-9-21)19-36-31-26(30)10-7-11-27(31)32(33,34)35/h4-17,19H,3,18,20H2,1-2H3. The summed E-state index contributed by atoms with van der Waals surface area (Å²) in [7, 11) is 1.79. The molecular formula is C32H27F3N2O3. The van der Waals surface area contributed by atoms with Crippen molar-refractivity contribution in [3.8, 4) is 22.8 Å². The van der Waals surface area contributed by atoms with Crippen molar-refractivity contribution >= 4 is 16.9 Å². The molecule has 5 nitrogen and oxygen atoms in total. The molecule has 0 fully saturated rings. The van der Waals surface area contributed by atoms with Crippen molar-refractivity contribution in [2.24, 2.45) is 7.05 Å². The lowest BCUT2D eigenvalue weighted by Gasteiger charge is -2.17. The van der Waals surface area contributed by atoms with E-state index in [1.165, 1.54) is 6.07 Å². The molecule has 40 heavy (non-hydrogen) atoms. The normalized spacial score (nSPS) is 11.5. The molecule has 5 rings (SSSR count). The van der Waals surface area contributed by atoms with Crippen molar-refractivity contribution in [2.75, 3.05) is 0 Å². The Labute approximate surface area is 229 Å². The first-order valence-electron chi connectivity index (χ1n) is 12.8. The maximum atomic E-state index is 13.8. The zero-order valence-electron chi connectivity index (χ0n) is 22.0. The van der Waals surface area contributed by atoms with Gasteiger partial charge >= 0.3 is 12.1 Å². The molecule has 0 bridgehead atoms. The number of halogens is 3. The molecule has 0 radical (unpaired) electrons. The van der Waals surface area contributed by atoms with Gasteiger partial charge in [-0.15, -0.1) is 0 Å². The number of rotatable bonds is 8. The van der Waals surface area contributed by atoms with Gasteiger partial charge in [0.1, 0.15) is 12.4 Å². The molecule has 0 aliphatic rings. The molecule has 204 valence electrons. The number of pyridine rings is 1. The lowest BCUT2D eigenvalue weighted by molar-refractivity contribution is -0.136. The van der Waals surface area contributed by atoms with Gasteiger partial charge in [-0.2, -0.15) is 13.2 Å². The third-order valence-electron chi connectivity index (χ3n) is 6.74. The molecular weight excluding hydrogens is 517 g/mol. The SMILES string of the molecule is CCC(=O)Oc1ccc(COc2ccc(-c3c(Cc4ccccc4)cnc4c(C(F)(F)F)cccc34)cc2)n1C. The summed E-state index contributed by atoms with van der Waals surface area (Å²) in [5.41, 5.74) is 3.30. The summed E-state index contributed by atoms with van der Waals surface area (Å²) >= 11 is 0. The second kappa shape index (κ2) is 11.3. The van der Waals surface area contributed by atoms with E-state index in [4.69, 9.17) is 9.47 Å². The van der Waals surface area contributed by atoms with Crippen molar-refractivity contribution in [1.82, 2.24) is 9.55 Å². The van der Waals surface area contributed by atoms with Crippen LogP contribution in [0.3, 0.4) is 0 Å². The van der Waals surface area contributed by atoms with Crippen LogP contribution in [-0.2, 0) is 31.0 Å². The Bertz CT molecular complexity index is 1640. The number of hydrogen-bond donors (Lipinski definition) is 0. The molecule has 2 aromatic heterocycles. The minimum absolute atomic E-state index is 0.0783. The monoisotopic (exact) mass is 544 g/mol. The molecule has 0 atom stereocenters. The molecule has 0 saturated heterocycles. The maximum Gasteiger partial charge on any atom is 0.418 e. The predicted molar refractivity (Wildman–Crippen MR) is 147 cm³/mol. The van der Waals surface area contributed by atoms with Gasteiger partial charge in [0.15, 0.2) is 0 Å². The van der Waals surface area contributed by atoms with Crippen molar-refractivity contribution in [1.29, 1.82) is 0 Å². The average Bonchev–Trinajstić information content (AvgIpc) is 3.30. The van der Waals surface area contributed by atoms with Crippen LogP contribution in [0, 0.1) is 0 Å². The highest BCUT2D eigenvalue weighted by Crippen LogP contribution is 2.39. The zero-order valence-corrected chi connectivity index (χ0v) is 22.0. The van der Waals surface area contributed by atoms with Crippen molar-refractivity contribution < 1.29 is 27.4 Å². The van der Waals surface area contributed by atoms with E-state index in [2.05, 4.69) is 4.98 Å². The van der Waals surface area contributed by atoms with Crippen LogP contribution < -0.4 is 9.47 Å². The van der Waals surface area contributed by atoms with E-state index in [9.17, 15) is 18.0 Å². The lowest BCUT2D eigenvalue weighted by Crippen LogP contribution is -2.10. The summed E-state index contributed by atoms with van der Waals surface area (Å²) in [5, 5.41) is 0.440. The highest BCUT2D eigenvalue weighted by molar-refractivity contribution is 5.98. The number of hydrogen-bond acceptors (Lipinski definition) is 4. The Morgan fingerprint density at radius 2 is 1.68 bits per heavy atom. The van der Waals surface area contributed by atoms with E-state index in [1.54, 1.807) is 49.0 Å². The van der Waals surface area contributed by atoms with Gasteiger partial charge in [-0.3, -0.25) is 9.78 Å². The number of benzene rings is 3. The number of esters is 1. The number of para-hydroxylation sites is 1. The minimum Gasteiger partial charge on any atom is -0.487 e. The van der Waals surface area contributed by atoms with Gasteiger partial charge in [0.25, 0.3) is 0 Å². The Hall–Kier alpha value is -4.59. The number of ether oxygens (including phenoxy) is 2. The van der Waals surface area contributed by atoms with E-state index >= 15 is 0 Å². The molecule has 3 aromatic carbocycles. The summed E-state index contributed by atoms with van der Waals surface area (Å²) in [4.78, 5) is 15.9. The van der Waals surface area contributed by atoms with Crippen LogP contribution in [0.2, 0.25) is 0 Å². The number of carbonyl (C=O) groups is 1. The highest BCUT2D eigenvalue weighted by Gasteiger charge is 2.33. The Morgan fingerprint density at radius 3 is 2.38 bits per heavy atom. The van der Waals surface area contributed by atoms with Crippen LogP contribution in [0.4, 0.5) is 13.2 Å². The van der Waals surface area contributed by atoms with Crippen LogP contribution in [0.5, 0.6) is 11.6 Å². The summed E-state index contributed by atoms with van der Waals surface area (Å²) in [6, 6.07) is 24.7. The fourth-order valence-electron chi connectivity index (χ4n) is 4.63. The van der Waals surface area contributed by atoms with E-state index < -0.39 is 11.7 Å². The first-order chi connectivity index (χ1) is 19.2. The summed E-state index contributed by atoms with van der Waals surface area (Å²) in [6.07, 6.45) is -2.18. The molecule has 0 aliphatic heterocycles. The zero-order chi connectivity index (χ0) is 28.3. The topological polar surface area (TPSA) is 53.4 Å². The molecule has 0 spiro atoms. The van der Waals surface area contributed by atoms with Crippen LogP contribution in [0.1, 0.15) is 35.7 Å². The first kappa shape index (κ1) is 27.0. The third-order valence-corrected chi connectivity index (χ3v) is 6.74. The van der Waals surface area contributed by atoms with E-state index in [0.717, 1.165) is 28.5 Å². The van der Waals surface area contributed by atoms with Gasteiger partial charge in [0.2, 0.25) is 5.88 Å². The number of alkyl halides is 3. The molecule has 0 aliphatic carbocycles. The fourth-order valence-corrected chi connectivity index (χ4v) is 4.63. The molecule has 0 N–H and O–H groups in total. The van der Waals surface area contributed by atoms with E-state index in [1.807, 2.05) is 48.5 Å². The second-order valence-electron chi connectivity index (χ2n) is 9.38. The van der Waals surface area contributed by atoms with Crippen LogP contribution in [-0.4, -0.2) is 15.5 Å². The first-order valence-corrected chi connectivity index (χ1v) is 12.8. The molecule has 0 unspecified atom stereocenters. The number of aromatic nitrogens is 2. The fraction of sp³-hybridized carbons (Fsp3) is 0.188. The summed E-state index contributed by atoms with van der Waals surface area (Å²) < 4.78 is 54.4. The maximum absolute atomic E-state index is 13.8. The summed E-state index contributed by atoms with van der Waals surface area (Å²) in [5.74, 6) is 0.715. The van der Waals surface area contributed by atoms with E-state index in [-0.39, 0.29) is 24.5 Å². The molecule has 8 heteroatoms. The minimum atomic E-state index is -4.52. The predicted octanol–water partition coefficient (Wildman–Crippen LogP) is 7.74. The van der Waals surface area contributed by atoms with E-state index in [0.29, 0.717) is 29.0 Å². The number of carbonyl (C=O) groups excluding carboxylic acids is 1. The van der Waals surface area contributed by atoms with Crippen molar-refractivity contribution in [3.05, 3.63) is 114 Å². The smallest absolute Gasteiger partial charge is 0.418 e. The number of fused-ring (bicyclic) bond motifs is 1. The largest absolute Gasteiger partial charge is 0.487 e. The van der Waals surface area contributed by atoms with Gasteiger partial charge in [0.05, 0.1) is 16.8 Å². The van der Waals surface area contributed by atoms with Gasteiger partial charge in [-0.05, 0) is 52.9 Å². The average molecular weight is 545 g/mol. The quantitative estimate of drug-likeness (QED) is 0.188. The lowest BCUT2D eigenvalue weighted by atomic mass is 9.92. The van der Waals surface area contributed by atoms with Crippen LogP contribution in [0.25, 0.3) is 22.0 Å². The Balaban J connectivity index is 1.46. The van der Waals surface area contributed by atoms with Gasteiger partial charge in [-0.25, -0.2) is 0 Å². The van der Waals surface area contributed by atoms with Gasteiger partial charge in [0, 0.05) is 31.1 Å². The second-order valence-corrected chi connectivity index (χ2v) is 9.38. The summed E-state index contributed by atoms with van der Waals surface area (Å²) in [6.45, 7) is 1.97. The van der Waals surface area contributed by atoms with Crippen molar-refractivity contribution in [3.63, 3.8) is 0 Å².